The zero-order valence-corrected chi connectivity index (χ0v) is 23.1. The molecule has 0 aliphatic carbocycles. The van der Waals surface area contributed by atoms with Crippen molar-refractivity contribution in [2.75, 3.05) is 44.6 Å². The number of piperazine rings is 1. The second-order valence-electron chi connectivity index (χ2n) is 8.69. The second kappa shape index (κ2) is 12.4. The lowest BCUT2D eigenvalue weighted by Gasteiger charge is -2.35. The van der Waals surface area contributed by atoms with Crippen LogP contribution in [0.3, 0.4) is 0 Å². The fourth-order valence-corrected chi connectivity index (χ4v) is 5.92. The van der Waals surface area contributed by atoms with Crippen molar-refractivity contribution in [1.29, 1.82) is 0 Å². The van der Waals surface area contributed by atoms with Crippen molar-refractivity contribution in [3.8, 4) is 0 Å². The summed E-state index contributed by atoms with van der Waals surface area (Å²) in [6.07, 6.45) is 0. The van der Waals surface area contributed by atoms with E-state index in [9.17, 15) is 17.6 Å². The molecule has 1 aliphatic heterocycles. The molecule has 2 amide bonds. The molecule has 1 N–H and O–H groups in total. The number of rotatable bonds is 8. The van der Waals surface area contributed by atoms with Crippen molar-refractivity contribution in [3.05, 3.63) is 93.7 Å². The number of carbonyl (C=O) groups excluding carboxylic acids is 1. The Labute approximate surface area is 230 Å². The number of anilines is 1. The molecule has 1 saturated heterocycles. The third-order valence-corrected chi connectivity index (χ3v) is 8.80. The molecule has 196 valence electrons. The molecule has 0 spiro atoms. The summed E-state index contributed by atoms with van der Waals surface area (Å²) >= 11 is 9.38. The van der Waals surface area contributed by atoms with E-state index in [1.54, 1.807) is 65.6 Å². The van der Waals surface area contributed by atoms with Gasteiger partial charge in [0.25, 0.3) is 0 Å². The first-order valence-electron chi connectivity index (χ1n) is 11.7. The van der Waals surface area contributed by atoms with E-state index in [1.165, 1.54) is 16.4 Å². The smallest absolute Gasteiger partial charge is 0.319 e. The molecular weight excluding hydrogens is 583 g/mol. The monoisotopic (exact) mass is 608 g/mol. The summed E-state index contributed by atoms with van der Waals surface area (Å²) < 4.78 is 41.7. The highest BCUT2D eigenvalue weighted by atomic mass is 79.9. The highest BCUT2D eigenvalue weighted by Gasteiger charge is 2.28. The number of halogens is 3. The first kappa shape index (κ1) is 27.5. The Morgan fingerprint density at radius 3 is 2.32 bits per heavy atom. The van der Waals surface area contributed by atoms with Crippen LogP contribution in [0.15, 0.2) is 82.2 Å². The van der Waals surface area contributed by atoms with Crippen LogP contribution in [0.1, 0.15) is 5.56 Å². The molecule has 11 heteroatoms. The molecule has 3 aromatic carbocycles. The molecule has 3 aromatic rings. The van der Waals surface area contributed by atoms with Crippen molar-refractivity contribution in [1.82, 2.24) is 14.1 Å². The van der Waals surface area contributed by atoms with E-state index in [-0.39, 0.29) is 16.7 Å². The predicted molar refractivity (Wildman–Crippen MR) is 147 cm³/mol. The molecule has 1 aliphatic rings. The van der Waals surface area contributed by atoms with E-state index >= 15 is 0 Å². The molecule has 1 fully saturated rings. The van der Waals surface area contributed by atoms with Crippen LogP contribution in [0.2, 0.25) is 5.02 Å². The number of hydrogen-bond acceptors (Lipinski definition) is 4. The van der Waals surface area contributed by atoms with Crippen LogP contribution in [0, 0.1) is 5.82 Å². The molecule has 4 rings (SSSR count). The van der Waals surface area contributed by atoms with Gasteiger partial charge in [-0.25, -0.2) is 17.6 Å². The lowest BCUT2D eigenvalue weighted by molar-refractivity contribution is 0.161. The number of hydrogen-bond donors (Lipinski definition) is 1. The minimum absolute atomic E-state index is 0.271. The van der Waals surface area contributed by atoms with Crippen LogP contribution >= 0.6 is 27.5 Å². The first-order chi connectivity index (χ1) is 17.7. The van der Waals surface area contributed by atoms with Crippen molar-refractivity contribution >= 4 is 49.3 Å². The molecule has 7 nitrogen and oxygen atoms in total. The van der Waals surface area contributed by atoms with Gasteiger partial charge in [0, 0.05) is 61.0 Å². The SMILES string of the molecule is O=C(Nc1cccc(Cl)c1)N(CCN1CCN(S(=O)(=O)c2ccc(Br)cc2)CC1)Cc1ccc(F)cc1. The summed E-state index contributed by atoms with van der Waals surface area (Å²) in [6.45, 7) is 3.10. The van der Waals surface area contributed by atoms with Gasteiger partial charge < -0.3 is 10.2 Å². The Kier molecular flexibility index (Phi) is 9.20. The van der Waals surface area contributed by atoms with Gasteiger partial charge in [0.05, 0.1) is 4.90 Å². The average Bonchev–Trinajstić information content (AvgIpc) is 2.88. The molecule has 0 bridgehead atoms. The summed E-state index contributed by atoms with van der Waals surface area (Å²) in [4.78, 5) is 17.2. The molecule has 0 radical (unpaired) electrons. The minimum atomic E-state index is -3.56. The molecule has 0 aromatic heterocycles. The Balaban J connectivity index is 1.37. The van der Waals surface area contributed by atoms with Crippen molar-refractivity contribution in [2.45, 2.75) is 11.4 Å². The van der Waals surface area contributed by atoms with E-state index < -0.39 is 10.0 Å². The van der Waals surface area contributed by atoms with Gasteiger partial charge in [-0.15, -0.1) is 0 Å². The van der Waals surface area contributed by atoms with E-state index in [0.29, 0.717) is 56.5 Å². The largest absolute Gasteiger partial charge is 0.322 e. The number of amides is 2. The maximum Gasteiger partial charge on any atom is 0.322 e. The summed E-state index contributed by atoms with van der Waals surface area (Å²) in [5, 5.41) is 3.38. The van der Waals surface area contributed by atoms with Crippen molar-refractivity contribution in [2.24, 2.45) is 0 Å². The normalized spacial score (nSPS) is 14.9. The summed E-state index contributed by atoms with van der Waals surface area (Å²) in [7, 11) is -3.56. The fraction of sp³-hybridized carbons (Fsp3) is 0.269. The number of sulfonamides is 1. The van der Waals surface area contributed by atoms with E-state index in [4.69, 9.17) is 11.6 Å². The van der Waals surface area contributed by atoms with Crippen LogP contribution in [0.25, 0.3) is 0 Å². The topological polar surface area (TPSA) is 73.0 Å². The maximum atomic E-state index is 13.4. The van der Waals surface area contributed by atoms with E-state index in [1.807, 2.05) is 0 Å². The van der Waals surface area contributed by atoms with Gasteiger partial charge in [-0.1, -0.05) is 45.7 Å². The summed E-state index contributed by atoms with van der Waals surface area (Å²) in [5.41, 5.74) is 1.38. The van der Waals surface area contributed by atoms with E-state index in [0.717, 1.165) is 10.0 Å². The molecule has 37 heavy (non-hydrogen) atoms. The predicted octanol–water partition coefficient (Wildman–Crippen LogP) is 5.28. The Morgan fingerprint density at radius 2 is 1.68 bits per heavy atom. The number of urea groups is 1. The van der Waals surface area contributed by atoms with Crippen LogP contribution < -0.4 is 5.32 Å². The highest BCUT2D eigenvalue weighted by Crippen LogP contribution is 2.21. The summed E-state index contributed by atoms with van der Waals surface area (Å²) in [5.74, 6) is -0.338. The van der Waals surface area contributed by atoms with Gasteiger partial charge in [0.2, 0.25) is 10.0 Å². The Bertz CT molecular complexity index is 1320. The number of benzene rings is 3. The lowest BCUT2D eigenvalue weighted by atomic mass is 10.2. The third kappa shape index (κ3) is 7.52. The number of nitrogens with one attached hydrogen (secondary N) is 1. The van der Waals surface area contributed by atoms with Gasteiger partial charge in [0.15, 0.2) is 0 Å². The molecule has 0 unspecified atom stereocenters. The van der Waals surface area contributed by atoms with Gasteiger partial charge in [-0.2, -0.15) is 4.31 Å². The molecule has 0 atom stereocenters. The maximum absolute atomic E-state index is 13.4. The second-order valence-corrected chi connectivity index (χ2v) is 12.0. The molecule has 0 saturated carbocycles. The summed E-state index contributed by atoms with van der Waals surface area (Å²) in [6, 6.07) is 19.3. The van der Waals surface area contributed by atoms with Crippen LogP contribution in [-0.2, 0) is 16.6 Å². The minimum Gasteiger partial charge on any atom is -0.319 e. The molecular formula is C26H27BrClFN4O3S. The van der Waals surface area contributed by atoms with Gasteiger partial charge >= 0.3 is 6.03 Å². The standard InChI is InChI=1S/C26H27BrClFN4O3S/c27-21-6-10-25(11-7-21)37(35,36)33-16-13-31(14-17-33)12-15-32(19-20-4-8-23(29)9-5-20)26(34)30-24-3-1-2-22(28)18-24/h1-11,18H,12-17,19H2,(H,30,34). The van der Waals surface area contributed by atoms with Gasteiger partial charge in [0.1, 0.15) is 5.82 Å². The Morgan fingerprint density at radius 1 is 1.00 bits per heavy atom. The Hall–Kier alpha value is -2.50. The average molecular weight is 610 g/mol. The fourth-order valence-electron chi connectivity index (χ4n) is 4.04. The lowest BCUT2D eigenvalue weighted by Crippen LogP contribution is -2.50. The number of nitrogens with zero attached hydrogens (tertiary/aromatic N) is 3. The van der Waals surface area contributed by atoms with Crippen LogP contribution in [-0.4, -0.2) is 67.8 Å². The molecule has 1 heterocycles. The van der Waals surface area contributed by atoms with Crippen LogP contribution in [0.5, 0.6) is 0 Å². The van der Waals surface area contributed by atoms with Crippen molar-refractivity contribution < 1.29 is 17.6 Å². The van der Waals surface area contributed by atoms with Crippen LogP contribution in [0.4, 0.5) is 14.9 Å². The zero-order chi connectivity index (χ0) is 26.4. The van der Waals surface area contributed by atoms with Crippen molar-refractivity contribution in [3.63, 3.8) is 0 Å². The van der Waals surface area contributed by atoms with Gasteiger partial charge in [-0.05, 0) is 60.2 Å². The highest BCUT2D eigenvalue weighted by molar-refractivity contribution is 9.10. The van der Waals surface area contributed by atoms with Gasteiger partial charge in [-0.3, -0.25) is 4.90 Å². The first-order valence-corrected chi connectivity index (χ1v) is 14.4. The quantitative estimate of drug-likeness (QED) is 0.377. The zero-order valence-electron chi connectivity index (χ0n) is 20.0. The van der Waals surface area contributed by atoms with E-state index in [2.05, 4.69) is 26.1 Å². The third-order valence-electron chi connectivity index (χ3n) is 6.12. The number of carbonyl (C=O) groups is 1.